The zero-order valence-electron chi connectivity index (χ0n) is 10.8. The fraction of sp³-hybridized carbons (Fsp3) is 0.385. The predicted octanol–water partition coefficient (Wildman–Crippen LogP) is 1.71. The van der Waals surface area contributed by atoms with Crippen molar-refractivity contribution in [3.05, 3.63) is 24.3 Å². The molecule has 1 saturated heterocycles. The van der Waals surface area contributed by atoms with Gasteiger partial charge in [-0.1, -0.05) is 12.1 Å². The lowest BCUT2D eigenvalue weighted by molar-refractivity contribution is -0.119. The summed E-state index contributed by atoms with van der Waals surface area (Å²) in [4.78, 5) is 27.2. The minimum atomic E-state index is -0.105. The molecule has 6 heteroatoms. The first-order valence-corrected chi connectivity index (χ1v) is 7.35. The molecular formula is C13H17N3O2S. The van der Waals surface area contributed by atoms with Crippen LogP contribution in [0.1, 0.15) is 0 Å². The molecule has 1 aliphatic rings. The van der Waals surface area contributed by atoms with E-state index in [0.29, 0.717) is 26.2 Å². The number of anilines is 1. The van der Waals surface area contributed by atoms with Crippen molar-refractivity contribution in [2.75, 3.05) is 37.8 Å². The van der Waals surface area contributed by atoms with Crippen LogP contribution >= 0.6 is 11.8 Å². The first-order valence-electron chi connectivity index (χ1n) is 6.13. The quantitative estimate of drug-likeness (QED) is 0.677. The van der Waals surface area contributed by atoms with Crippen molar-refractivity contribution in [3.8, 4) is 0 Å². The topological polar surface area (TPSA) is 52.7 Å². The number of hydrogen-bond donors (Lipinski definition) is 1. The van der Waals surface area contributed by atoms with Crippen LogP contribution in [0.4, 0.5) is 10.5 Å². The minimum Gasteiger partial charge on any atom is -0.342 e. The van der Waals surface area contributed by atoms with Crippen molar-refractivity contribution in [2.45, 2.75) is 4.90 Å². The van der Waals surface area contributed by atoms with E-state index in [1.807, 2.05) is 30.5 Å². The summed E-state index contributed by atoms with van der Waals surface area (Å²) in [6.45, 7) is 2.35. The van der Waals surface area contributed by atoms with Gasteiger partial charge in [0.1, 0.15) is 0 Å². The highest BCUT2D eigenvalue weighted by Crippen LogP contribution is 2.24. The molecule has 0 radical (unpaired) electrons. The average molecular weight is 279 g/mol. The van der Waals surface area contributed by atoms with Crippen molar-refractivity contribution in [3.63, 3.8) is 0 Å². The fourth-order valence-electron chi connectivity index (χ4n) is 1.97. The standard InChI is InChI=1S/C13H17N3O2S/c1-19-12-5-3-2-4-11(12)14-13(18)16-8-6-15(10-17)7-9-16/h2-5,10H,6-9H2,1H3,(H,14,18). The van der Waals surface area contributed by atoms with Gasteiger partial charge in [-0.05, 0) is 18.4 Å². The number of carbonyl (C=O) groups excluding carboxylic acids is 2. The number of piperazine rings is 1. The van der Waals surface area contributed by atoms with Crippen LogP contribution in [0, 0.1) is 0 Å². The molecule has 1 aromatic rings. The van der Waals surface area contributed by atoms with Crippen molar-refractivity contribution in [1.82, 2.24) is 9.80 Å². The van der Waals surface area contributed by atoms with E-state index >= 15 is 0 Å². The number of nitrogens with zero attached hydrogens (tertiary/aromatic N) is 2. The SMILES string of the molecule is CSc1ccccc1NC(=O)N1CCN(C=O)CC1. The molecule has 1 N–H and O–H groups in total. The Hall–Kier alpha value is -1.69. The molecule has 1 heterocycles. The van der Waals surface area contributed by atoms with Crippen LogP contribution < -0.4 is 5.32 Å². The highest BCUT2D eigenvalue weighted by atomic mass is 32.2. The number of benzene rings is 1. The lowest BCUT2D eigenvalue weighted by atomic mass is 10.3. The molecule has 1 fully saturated rings. The third kappa shape index (κ3) is 3.41. The molecule has 1 aliphatic heterocycles. The number of para-hydroxylation sites is 1. The zero-order chi connectivity index (χ0) is 13.7. The van der Waals surface area contributed by atoms with E-state index in [0.717, 1.165) is 17.0 Å². The second-order valence-electron chi connectivity index (χ2n) is 4.26. The number of amides is 3. The summed E-state index contributed by atoms with van der Waals surface area (Å²) in [5, 5.41) is 2.92. The molecule has 2 rings (SSSR count). The molecule has 0 atom stereocenters. The van der Waals surface area contributed by atoms with Crippen molar-refractivity contribution in [2.24, 2.45) is 0 Å². The molecule has 0 aromatic heterocycles. The number of thioether (sulfide) groups is 1. The lowest BCUT2D eigenvalue weighted by Gasteiger charge is -2.32. The molecule has 0 unspecified atom stereocenters. The number of nitrogens with one attached hydrogen (secondary N) is 1. The Balaban J connectivity index is 1.96. The molecular weight excluding hydrogens is 262 g/mol. The first-order chi connectivity index (χ1) is 9.24. The molecule has 0 aliphatic carbocycles. The highest BCUT2D eigenvalue weighted by molar-refractivity contribution is 7.98. The van der Waals surface area contributed by atoms with Gasteiger partial charge in [0.15, 0.2) is 0 Å². The Bertz CT molecular complexity index is 459. The summed E-state index contributed by atoms with van der Waals surface area (Å²) < 4.78 is 0. The second-order valence-corrected chi connectivity index (χ2v) is 5.11. The van der Waals surface area contributed by atoms with E-state index in [1.165, 1.54) is 0 Å². The van der Waals surface area contributed by atoms with Gasteiger partial charge in [-0.15, -0.1) is 11.8 Å². The van der Waals surface area contributed by atoms with Crippen molar-refractivity contribution >= 4 is 29.9 Å². The lowest BCUT2D eigenvalue weighted by Crippen LogP contribution is -2.49. The smallest absolute Gasteiger partial charge is 0.321 e. The molecule has 0 bridgehead atoms. The van der Waals surface area contributed by atoms with Crippen LogP contribution in [0.2, 0.25) is 0 Å². The summed E-state index contributed by atoms with van der Waals surface area (Å²) in [6, 6.07) is 7.62. The van der Waals surface area contributed by atoms with E-state index in [9.17, 15) is 9.59 Å². The van der Waals surface area contributed by atoms with Crippen LogP contribution in [0.25, 0.3) is 0 Å². The fourth-order valence-corrected chi connectivity index (χ4v) is 2.53. The summed E-state index contributed by atoms with van der Waals surface area (Å²) in [5.41, 5.74) is 0.831. The van der Waals surface area contributed by atoms with E-state index in [2.05, 4.69) is 5.32 Å². The normalized spacial score (nSPS) is 15.2. The number of carbonyl (C=O) groups is 2. The molecule has 102 valence electrons. The Labute approximate surface area is 116 Å². The summed E-state index contributed by atoms with van der Waals surface area (Å²) in [5.74, 6) is 0. The van der Waals surface area contributed by atoms with Gasteiger partial charge in [0.25, 0.3) is 0 Å². The average Bonchev–Trinajstić information content (AvgIpc) is 2.48. The Morgan fingerprint density at radius 3 is 2.58 bits per heavy atom. The summed E-state index contributed by atoms with van der Waals surface area (Å²) in [7, 11) is 0. The molecule has 3 amide bonds. The largest absolute Gasteiger partial charge is 0.342 e. The molecule has 19 heavy (non-hydrogen) atoms. The highest BCUT2D eigenvalue weighted by Gasteiger charge is 2.20. The number of hydrogen-bond acceptors (Lipinski definition) is 3. The van der Waals surface area contributed by atoms with Gasteiger partial charge in [-0.3, -0.25) is 4.79 Å². The predicted molar refractivity (Wildman–Crippen MR) is 76.5 cm³/mol. The van der Waals surface area contributed by atoms with Gasteiger partial charge in [-0.2, -0.15) is 0 Å². The van der Waals surface area contributed by atoms with Crippen LogP contribution in [-0.2, 0) is 4.79 Å². The monoisotopic (exact) mass is 279 g/mol. The van der Waals surface area contributed by atoms with Crippen molar-refractivity contribution < 1.29 is 9.59 Å². The maximum absolute atomic E-state index is 12.1. The Morgan fingerprint density at radius 1 is 1.26 bits per heavy atom. The van der Waals surface area contributed by atoms with Crippen LogP contribution in [-0.4, -0.2) is 54.7 Å². The third-order valence-corrected chi connectivity index (χ3v) is 3.89. The Morgan fingerprint density at radius 2 is 1.95 bits per heavy atom. The maximum atomic E-state index is 12.1. The van der Waals surface area contributed by atoms with Crippen LogP contribution in [0.3, 0.4) is 0 Å². The second kappa shape index (κ2) is 6.47. The molecule has 1 aromatic carbocycles. The zero-order valence-corrected chi connectivity index (χ0v) is 11.7. The molecule has 0 saturated carbocycles. The number of urea groups is 1. The first kappa shape index (κ1) is 13.7. The third-order valence-electron chi connectivity index (χ3n) is 3.10. The van der Waals surface area contributed by atoms with Gasteiger partial charge < -0.3 is 15.1 Å². The van der Waals surface area contributed by atoms with Gasteiger partial charge in [0.05, 0.1) is 5.69 Å². The molecule has 0 spiro atoms. The Kier molecular flexibility index (Phi) is 4.68. The minimum absolute atomic E-state index is 0.105. The van der Waals surface area contributed by atoms with E-state index in [1.54, 1.807) is 21.6 Å². The van der Waals surface area contributed by atoms with Crippen LogP contribution in [0.5, 0.6) is 0 Å². The molecule has 5 nitrogen and oxygen atoms in total. The summed E-state index contributed by atoms with van der Waals surface area (Å²) in [6.07, 6.45) is 2.81. The number of rotatable bonds is 3. The van der Waals surface area contributed by atoms with Gasteiger partial charge >= 0.3 is 6.03 Å². The maximum Gasteiger partial charge on any atom is 0.321 e. The van der Waals surface area contributed by atoms with E-state index in [4.69, 9.17) is 0 Å². The summed E-state index contributed by atoms with van der Waals surface area (Å²) >= 11 is 1.60. The van der Waals surface area contributed by atoms with E-state index in [-0.39, 0.29) is 6.03 Å². The van der Waals surface area contributed by atoms with Gasteiger partial charge in [0, 0.05) is 31.1 Å². The van der Waals surface area contributed by atoms with Crippen molar-refractivity contribution in [1.29, 1.82) is 0 Å². The van der Waals surface area contributed by atoms with Crippen LogP contribution in [0.15, 0.2) is 29.2 Å². The van der Waals surface area contributed by atoms with Gasteiger partial charge in [-0.25, -0.2) is 4.79 Å². The van der Waals surface area contributed by atoms with Gasteiger partial charge in [0.2, 0.25) is 6.41 Å². The van der Waals surface area contributed by atoms with E-state index < -0.39 is 0 Å².